The van der Waals surface area contributed by atoms with Gasteiger partial charge in [0, 0.05) is 24.2 Å². The van der Waals surface area contributed by atoms with Crippen molar-refractivity contribution in [3.63, 3.8) is 0 Å². The topological polar surface area (TPSA) is 27.0 Å². The summed E-state index contributed by atoms with van der Waals surface area (Å²) in [5.74, 6) is 1.24. The normalized spacial score (nSPS) is 14.8. The van der Waals surface area contributed by atoms with Crippen LogP contribution in [0.5, 0.6) is 0 Å². The third kappa shape index (κ3) is 3.00. The van der Waals surface area contributed by atoms with Crippen LogP contribution in [-0.2, 0) is 6.42 Å². The highest BCUT2D eigenvalue weighted by Crippen LogP contribution is 2.33. The number of nitrogens with zero attached hydrogens (tertiary/aromatic N) is 2. The Morgan fingerprint density at radius 3 is 2.94 bits per heavy atom. The van der Waals surface area contributed by atoms with Crippen LogP contribution in [0.25, 0.3) is 0 Å². The lowest BCUT2D eigenvalue weighted by Crippen LogP contribution is -2.30. The van der Waals surface area contributed by atoms with E-state index in [4.69, 9.17) is 5.26 Å². The average Bonchev–Trinajstić information content (AvgIpc) is 2.37. The average molecular weight is 260 g/mol. The van der Waals surface area contributed by atoms with E-state index in [-0.39, 0.29) is 5.41 Å². The maximum atomic E-state index is 9.10. The Hall–Kier alpha value is -1.14. The summed E-state index contributed by atoms with van der Waals surface area (Å²) < 4.78 is 0. The molecule has 1 heterocycles. The number of rotatable bonds is 3. The monoisotopic (exact) mass is 260 g/mol. The summed E-state index contributed by atoms with van der Waals surface area (Å²) in [5.41, 5.74) is 2.38. The third-order valence-electron chi connectivity index (χ3n) is 3.27. The summed E-state index contributed by atoms with van der Waals surface area (Å²) in [6.45, 7) is 4.73. The van der Waals surface area contributed by atoms with Crippen molar-refractivity contribution >= 4 is 17.4 Å². The Balaban J connectivity index is 2.16. The minimum atomic E-state index is -0.306. The minimum absolute atomic E-state index is 0.306. The highest BCUT2D eigenvalue weighted by atomic mass is 32.2. The summed E-state index contributed by atoms with van der Waals surface area (Å²) in [6.07, 6.45) is 2.46. The van der Waals surface area contributed by atoms with E-state index in [1.165, 1.54) is 34.7 Å². The first-order valence-electron chi connectivity index (χ1n) is 6.40. The molecule has 0 aliphatic carbocycles. The van der Waals surface area contributed by atoms with Crippen LogP contribution < -0.4 is 4.90 Å². The Morgan fingerprint density at radius 1 is 1.44 bits per heavy atom. The lowest BCUT2D eigenvalue weighted by Gasteiger charge is -2.27. The molecule has 0 bridgehead atoms. The van der Waals surface area contributed by atoms with Gasteiger partial charge in [0.15, 0.2) is 0 Å². The van der Waals surface area contributed by atoms with Crippen LogP contribution in [0.1, 0.15) is 25.8 Å². The highest BCUT2D eigenvalue weighted by molar-refractivity contribution is 7.99. The van der Waals surface area contributed by atoms with Crippen molar-refractivity contribution in [3.8, 4) is 6.07 Å². The molecule has 0 radical (unpaired) electrons. The molecular weight excluding hydrogens is 240 g/mol. The largest absolute Gasteiger partial charge is 0.373 e. The molecular formula is C15H20N2S. The maximum Gasteiger partial charge on any atom is 0.0702 e. The smallest absolute Gasteiger partial charge is 0.0702 e. The number of thioether (sulfide) groups is 1. The number of benzene rings is 1. The van der Waals surface area contributed by atoms with Gasteiger partial charge in [-0.2, -0.15) is 5.26 Å². The van der Waals surface area contributed by atoms with Crippen LogP contribution in [0.15, 0.2) is 23.1 Å². The second kappa shape index (κ2) is 5.24. The van der Waals surface area contributed by atoms with E-state index in [1.807, 2.05) is 25.6 Å². The summed E-state index contributed by atoms with van der Waals surface area (Å²) in [6, 6.07) is 9.04. The highest BCUT2D eigenvalue weighted by Gasteiger charge is 2.20. The molecule has 0 unspecified atom stereocenters. The zero-order chi connectivity index (χ0) is 13.2. The number of aryl methyl sites for hydroxylation is 1. The second-order valence-corrected chi connectivity index (χ2v) is 6.73. The molecule has 1 aliphatic heterocycles. The molecule has 1 aliphatic rings. The van der Waals surface area contributed by atoms with Crippen LogP contribution in [0.4, 0.5) is 5.69 Å². The first-order valence-corrected chi connectivity index (χ1v) is 7.38. The van der Waals surface area contributed by atoms with E-state index >= 15 is 0 Å². The second-order valence-electron chi connectivity index (χ2n) is 5.60. The zero-order valence-corrected chi connectivity index (χ0v) is 12.2. The molecule has 0 atom stereocenters. The fraction of sp³-hybridized carbons (Fsp3) is 0.533. The summed E-state index contributed by atoms with van der Waals surface area (Å²) in [5, 5.41) is 9.10. The Labute approximate surface area is 114 Å². The van der Waals surface area contributed by atoms with Gasteiger partial charge in [0.25, 0.3) is 0 Å². The summed E-state index contributed by atoms with van der Waals surface area (Å²) >= 11 is 1.96. The Kier molecular flexibility index (Phi) is 3.87. The van der Waals surface area contributed by atoms with Gasteiger partial charge in [0.1, 0.15) is 0 Å². The van der Waals surface area contributed by atoms with Gasteiger partial charge in [-0.15, -0.1) is 11.8 Å². The first-order chi connectivity index (χ1) is 8.52. The van der Waals surface area contributed by atoms with Gasteiger partial charge in [0.05, 0.1) is 11.5 Å². The molecule has 96 valence electrons. The third-order valence-corrected chi connectivity index (χ3v) is 4.47. The van der Waals surface area contributed by atoms with Crippen molar-refractivity contribution in [3.05, 3.63) is 23.8 Å². The first kappa shape index (κ1) is 13.3. The van der Waals surface area contributed by atoms with E-state index in [0.29, 0.717) is 0 Å². The number of anilines is 1. The van der Waals surface area contributed by atoms with Gasteiger partial charge in [-0.05, 0) is 56.2 Å². The van der Waals surface area contributed by atoms with Gasteiger partial charge in [-0.1, -0.05) is 0 Å². The minimum Gasteiger partial charge on any atom is -0.373 e. The molecule has 1 aromatic carbocycles. The van der Waals surface area contributed by atoms with E-state index in [2.05, 4.69) is 36.2 Å². The van der Waals surface area contributed by atoms with Gasteiger partial charge in [-0.3, -0.25) is 0 Å². The molecule has 0 N–H and O–H groups in total. The van der Waals surface area contributed by atoms with Crippen molar-refractivity contribution < 1.29 is 0 Å². The van der Waals surface area contributed by atoms with Crippen LogP contribution in [-0.4, -0.2) is 19.3 Å². The van der Waals surface area contributed by atoms with Gasteiger partial charge in [-0.25, -0.2) is 0 Å². The van der Waals surface area contributed by atoms with Crippen molar-refractivity contribution in [2.45, 2.75) is 31.6 Å². The van der Waals surface area contributed by atoms with Crippen LogP contribution in [0.3, 0.4) is 0 Å². The lowest BCUT2D eigenvalue weighted by atomic mass is 9.95. The van der Waals surface area contributed by atoms with E-state index in [0.717, 1.165) is 6.54 Å². The molecule has 18 heavy (non-hydrogen) atoms. The van der Waals surface area contributed by atoms with E-state index in [1.54, 1.807) is 0 Å². The SMILES string of the molecule is CN(CC(C)(C)C#N)c1ccc2c(c1)CCCS2. The molecule has 0 saturated carbocycles. The summed E-state index contributed by atoms with van der Waals surface area (Å²) in [4.78, 5) is 3.61. The number of nitriles is 1. The molecule has 0 amide bonds. The van der Waals surface area contributed by atoms with E-state index in [9.17, 15) is 0 Å². The molecule has 1 aromatic rings. The quantitative estimate of drug-likeness (QED) is 0.829. The predicted molar refractivity (Wildman–Crippen MR) is 78.2 cm³/mol. The van der Waals surface area contributed by atoms with Crippen molar-refractivity contribution in [2.75, 3.05) is 24.2 Å². The molecule has 0 fully saturated rings. The number of hydrogen-bond donors (Lipinski definition) is 0. The predicted octanol–water partition coefficient (Wildman–Crippen LogP) is 3.71. The van der Waals surface area contributed by atoms with Crippen LogP contribution in [0.2, 0.25) is 0 Å². The number of hydrogen-bond acceptors (Lipinski definition) is 3. The van der Waals surface area contributed by atoms with Crippen molar-refractivity contribution in [1.29, 1.82) is 5.26 Å². The van der Waals surface area contributed by atoms with Gasteiger partial charge in [0.2, 0.25) is 0 Å². The number of fused-ring (bicyclic) bond motifs is 1. The molecule has 2 rings (SSSR count). The molecule has 3 heteroatoms. The molecule has 0 saturated heterocycles. The molecule has 0 aromatic heterocycles. The molecule has 0 spiro atoms. The van der Waals surface area contributed by atoms with Gasteiger partial charge >= 0.3 is 0 Å². The van der Waals surface area contributed by atoms with Crippen LogP contribution in [0, 0.1) is 16.7 Å². The van der Waals surface area contributed by atoms with Gasteiger partial charge < -0.3 is 4.90 Å². The fourth-order valence-corrected chi connectivity index (χ4v) is 3.32. The van der Waals surface area contributed by atoms with Crippen molar-refractivity contribution in [2.24, 2.45) is 5.41 Å². The zero-order valence-electron chi connectivity index (χ0n) is 11.4. The maximum absolute atomic E-state index is 9.10. The Bertz CT molecular complexity index is 474. The van der Waals surface area contributed by atoms with Crippen LogP contribution >= 0.6 is 11.8 Å². The fourth-order valence-electron chi connectivity index (χ4n) is 2.30. The standard InChI is InChI=1S/C15H20N2S/c1-15(2,10-16)11-17(3)13-6-7-14-12(9-13)5-4-8-18-14/h6-7,9H,4-5,8,11H2,1-3H3. The lowest BCUT2D eigenvalue weighted by molar-refractivity contribution is 0.497. The van der Waals surface area contributed by atoms with Crippen molar-refractivity contribution in [1.82, 2.24) is 0 Å². The molecule has 2 nitrogen and oxygen atoms in total. The van der Waals surface area contributed by atoms with E-state index < -0.39 is 0 Å². The Morgan fingerprint density at radius 2 is 2.22 bits per heavy atom. The summed E-state index contributed by atoms with van der Waals surface area (Å²) in [7, 11) is 2.07.